The molecule has 0 aromatic carbocycles. The summed E-state index contributed by atoms with van der Waals surface area (Å²) >= 11 is 0. The Balaban J connectivity index is 2.09. The smallest absolute Gasteiger partial charge is 0.245 e. The number of carbonyl (C=O) groups is 2. The minimum absolute atomic E-state index is 0.0143. The SMILES string of the molecule is CCC1NC(=O)CCN(Cc2ccoc2)C1=O. The van der Waals surface area contributed by atoms with Crippen molar-refractivity contribution in [3.8, 4) is 0 Å². The molecule has 5 heteroatoms. The molecule has 17 heavy (non-hydrogen) atoms. The number of amides is 2. The third-order valence-electron chi connectivity index (χ3n) is 2.92. The van der Waals surface area contributed by atoms with Gasteiger partial charge >= 0.3 is 0 Å². The first-order valence-corrected chi connectivity index (χ1v) is 5.80. The van der Waals surface area contributed by atoms with Gasteiger partial charge in [0.1, 0.15) is 6.04 Å². The molecule has 0 spiro atoms. The van der Waals surface area contributed by atoms with E-state index in [-0.39, 0.29) is 11.8 Å². The first-order valence-electron chi connectivity index (χ1n) is 5.80. The van der Waals surface area contributed by atoms with Crippen molar-refractivity contribution in [2.24, 2.45) is 0 Å². The number of hydrogen-bond donors (Lipinski definition) is 1. The van der Waals surface area contributed by atoms with E-state index in [4.69, 9.17) is 4.42 Å². The van der Waals surface area contributed by atoms with Crippen LogP contribution in [0.15, 0.2) is 23.0 Å². The van der Waals surface area contributed by atoms with Gasteiger partial charge in [0, 0.05) is 25.1 Å². The molecule has 1 aromatic rings. The molecule has 1 fully saturated rings. The maximum Gasteiger partial charge on any atom is 0.245 e. The van der Waals surface area contributed by atoms with Crippen molar-refractivity contribution in [1.29, 1.82) is 0 Å². The highest BCUT2D eigenvalue weighted by Gasteiger charge is 2.28. The number of nitrogens with zero attached hydrogens (tertiary/aromatic N) is 1. The van der Waals surface area contributed by atoms with Gasteiger partial charge in [-0.1, -0.05) is 6.92 Å². The maximum atomic E-state index is 12.1. The fourth-order valence-electron chi connectivity index (χ4n) is 1.93. The normalized spacial score (nSPS) is 21.2. The van der Waals surface area contributed by atoms with E-state index < -0.39 is 6.04 Å². The molecular weight excluding hydrogens is 220 g/mol. The van der Waals surface area contributed by atoms with Crippen LogP contribution >= 0.6 is 0 Å². The predicted molar refractivity (Wildman–Crippen MR) is 61.0 cm³/mol. The monoisotopic (exact) mass is 236 g/mol. The number of nitrogens with one attached hydrogen (secondary N) is 1. The van der Waals surface area contributed by atoms with Crippen molar-refractivity contribution in [2.75, 3.05) is 6.54 Å². The van der Waals surface area contributed by atoms with Gasteiger partial charge in [-0.15, -0.1) is 0 Å². The highest BCUT2D eigenvalue weighted by atomic mass is 16.3. The number of carbonyl (C=O) groups excluding carboxylic acids is 2. The fourth-order valence-corrected chi connectivity index (χ4v) is 1.93. The lowest BCUT2D eigenvalue weighted by molar-refractivity contribution is -0.134. The molecule has 0 saturated carbocycles. The molecule has 2 amide bonds. The van der Waals surface area contributed by atoms with E-state index in [1.165, 1.54) is 0 Å². The second kappa shape index (κ2) is 5.03. The van der Waals surface area contributed by atoms with Crippen molar-refractivity contribution < 1.29 is 14.0 Å². The van der Waals surface area contributed by atoms with E-state index in [0.29, 0.717) is 25.9 Å². The van der Waals surface area contributed by atoms with Gasteiger partial charge in [0.2, 0.25) is 11.8 Å². The molecule has 1 atom stereocenters. The van der Waals surface area contributed by atoms with Crippen molar-refractivity contribution >= 4 is 11.8 Å². The minimum Gasteiger partial charge on any atom is -0.472 e. The van der Waals surface area contributed by atoms with Crippen LogP contribution in [0.2, 0.25) is 0 Å². The molecule has 92 valence electrons. The number of rotatable bonds is 3. The molecule has 2 rings (SSSR count). The van der Waals surface area contributed by atoms with Crippen LogP contribution in [0.25, 0.3) is 0 Å². The quantitative estimate of drug-likeness (QED) is 0.848. The molecule has 2 heterocycles. The molecule has 1 unspecified atom stereocenters. The molecule has 1 saturated heterocycles. The van der Waals surface area contributed by atoms with Crippen LogP contribution in [0.3, 0.4) is 0 Å². The van der Waals surface area contributed by atoms with Gasteiger partial charge < -0.3 is 14.6 Å². The Kier molecular flexibility index (Phi) is 3.46. The highest BCUT2D eigenvalue weighted by Crippen LogP contribution is 2.11. The first kappa shape index (κ1) is 11.7. The molecule has 1 aliphatic heterocycles. The Morgan fingerprint density at radius 3 is 3.00 bits per heavy atom. The van der Waals surface area contributed by atoms with E-state index in [9.17, 15) is 9.59 Å². The van der Waals surface area contributed by atoms with Crippen LogP contribution in [0.5, 0.6) is 0 Å². The summed E-state index contributed by atoms with van der Waals surface area (Å²) in [4.78, 5) is 25.3. The third kappa shape index (κ3) is 2.67. The van der Waals surface area contributed by atoms with E-state index in [1.807, 2.05) is 13.0 Å². The molecule has 0 bridgehead atoms. The summed E-state index contributed by atoms with van der Waals surface area (Å²) in [5, 5.41) is 2.73. The highest BCUT2D eigenvalue weighted by molar-refractivity contribution is 5.89. The van der Waals surface area contributed by atoms with Crippen molar-refractivity contribution in [2.45, 2.75) is 32.4 Å². The van der Waals surface area contributed by atoms with Gasteiger partial charge in [-0.25, -0.2) is 0 Å². The van der Waals surface area contributed by atoms with Crippen molar-refractivity contribution in [1.82, 2.24) is 10.2 Å². The Hall–Kier alpha value is -1.78. The second-order valence-electron chi connectivity index (χ2n) is 4.17. The van der Waals surface area contributed by atoms with Crippen LogP contribution in [0.4, 0.5) is 0 Å². The minimum atomic E-state index is -0.392. The Morgan fingerprint density at radius 1 is 1.53 bits per heavy atom. The summed E-state index contributed by atoms with van der Waals surface area (Å²) in [7, 11) is 0. The topological polar surface area (TPSA) is 62.6 Å². The summed E-state index contributed by atoms with van der Waals surface area (Å²) < 4.78 is 4.98. The zero-order valence-corrected chi connectivity index (χ0v) is 9.81. The summed E-state index contributed by atoms with van der Waals surface area (Å²) in [6, 6.07) is 1.44. The number of hydrogen-bond acceptors (Lipinski definition) is 3. The molecule has 0 radical (unpaired) electrons. The van der Waals surface area contributed by atoms with Crippen LogP contribution < -0.4 is 5.32 Å². The molecule has 1 aliphatic rings. The van der Waals surface area contributed by atoms with Gasteiger partial charge in [-0.05, 0) is 12.5 Å². The van der Waals surface area contributed by atoms with Crippen LogP contribution in [-0.4, -0.2) is 29.3 Å². The van der Waals surface area contributed by atoms with Crippen molar-refractivity contribution in [3.63, 3.8) is 0 Å². The van der Waals surface area contributed by atoms with E-state index in [2.05, 4.69) is 5.32 Å². The zero-order valence-electron chi connectivity index (χ0n) is 9.81. The van der Waals surface area contributed by atoms with E-state index in [1.54, 1.807) is 17.4 Å². The zero-order chi connectivity index (χ0) is 12.3. The lowest BCUT2D eigenvalue weighted by atomic mass is 10.2. The Bertz CT molecular complexity index is 400. The van der Waals surface area contributed by atoms with Crippen LogP contribution in [0, 0.1) is 0 Å². The number of furan rings is 1. The summed E-state index contributed by atoms with van der Waals surface area (Å²) in [5.41, 5.74) is 0.947. The molecule has 5 nitrogen and oxygen atoms in total. The summed E-state index contributed by atoms with van der Waals surface area (Å²) in [5.74, 6) is -0.0700. The van der Waals surface area contributed by atoms with Crippen LogP contribution in [-0.2, 0) is 16.1 Å². The van der Waals surface area contributed by atoms with Gasteiger partial charge in [0.25, 0.3) is 0 Å². The average Bonchev–Trinajstić information content (AvgIpc) is 2.78. The van der Waals surface area contributed by atoms with Gasteiger partial charge in [-0.2, -0.15) is 0 Å². The summed E-state index contributed by atoms with van der Waals surface area (Å²) in [6.07, 6.45) is 4.18. The largest absolute Gasteiger partial charge is 0.472 e. The average molecular weight is 236 g/mol. The van der Waals surface area contributed by atoms with Gasteiger partial charge in [0.15, 0.2) is 0 Å². The second-order valence-corrected chi connectivity index (χ2v) is 4.17. The predicted octanol–water partition coefficient (Wildman–Crippen LogP) is 0.907. The standard InChI is InChI=1S/C12H16N2O3/c1-2-10-12(16)14(5-3-11(15)13-10)7-9-4-6-17-8-9/h4,6,8,10H,2-3,5,7H2,1H3,(H,13,15). The summed E-state index contributed by atoms with van der Waals surface area (Å²) in [6.45, 7) is 2.86. The van der Waals surface area contributed by atoms with Gasteiger partial charge in [0.05, 0.1) is 12.5 Å². The lowest BCUT2D eigenvalue weighted by Crippen LogP contribution is -2.43. The Morgan fingerprint density at radius 2 is 2.35 bits per heavy atom. The molecule has 1 aromatic heterocycles. The van der Waals surface area contributed by atoms with E-state index in [0.717, 1.165) is 5.56 Å². The van der Waals surface area contributed by atoms with Crippen LogP contribution in [0.1, 0.15) is 25.3 Å². The lowest BCUT2D eigenvalue weighted by Gasteiger charge is -2.22. The fraction of sp³-hybridized carbons (Fsp3) is 0.500. The van der Waals surface area contributed by atoms with Gasteiger partial charge in [-0.3, -0.25) is 9.59 Å². The first-order chi connectivity index (χ1) is 8.20. The maximum absolute atomic E-state index is 12.1. The van der Waals surface area contributed by atoms with E-state index >= 15 is 0 Å². The van der Waals surface area contributed by atoms with Crippen molar-refractivity contribution in [3.05, 3.63) is 24.2 Å². The molecule has 0 aliphatic carbocycles. The molecular formula is C12H16N2O3. The third-order valence-corrected chi connectivity index (χ3v) is 2.92. The molecule has 1 N–H and O–H groups in total. The Labute approximate surface area is 99.8 Å².